The Bertz CT molecular complexity index is 1460. The van der Waals surface area contributed by atoms with Crippen LogP contribution in [0.5, 0.6) is 5.75 Å². The van der Waals surface area contributed by atoms with E-state index in [1.807, 2.05) is 18.2 Å². The molecule has 3 aliphatic rings. The first kappa shape index (κ1) is 23.4. The van der Waals surface area contributed by atoms with Gasteiger partial charge in [-0.2, -0.15) is 8.78 Å². The fourth-order valence-electron chi connectivity index (χ4n) is 5.80. The van der Waals surface area contributed by atoms with Gasteiger partial charge in [-0.25, -0.2) is 19.3 Å². The summed E-state index contributed by atoms with van der Waals surface area (Å²) in [5.74, 6) is 0.951. The minimum absolute atomic E-state index is 0.0350. The molecule has 4 aromatic rings. The zero-order valence-corrected chi connectivity index (χ0v) is 20.2. The van der Waals surface area contributed by atoms with Crippen LogP contribution < -0.4 is 9.64 Å². The largest absolute Gasteiger partial charge is 0.434 e. The summed E-state index contributed by atoms with van der Waals surface area (Å²) in [5.41, 5.74) is 3.47. The van der Waals surface area contributed by atoms with Crippen molar-refractivity contribution in [3.05, 3.63) is 66.2 Å². The summed E-state index contributed by atoms with van der Waals surface area (Å²) in [6, 6.07) is 11.8. The van der Waals surface area contributed by atoms with Crippen LogP contribution in [0.2, 0.25) is 0 Å². The molecule has 2 bridgehead atoms. The van der Waals surface area contributed by atoms with Gasteiger partial charge in [0.15, 0.2) is 6.17 Å². The predicted octanol–water partition coefficient (Wildman–Crippen LogP) is 4.70. The van der Waals surface area contributed by atoms with Gasteiger partial charge in [-0.1, -0.05) is 24.3 Å². The number of halogens is 3. The van der Waals surface area contributed by atoms with E-state index < -0.39 is 18.8 Å². The Labute approximate surface area is 216 Å². The standard InChI is InChI=1S/C27H24F3N5O3/c28-20-8-22(19-3-1-2-4-24(19)38-26(29)30)35-23-7-15(5-6-21(23)33-25(20)35)16-9-31-27(32-10-16)34-17-11-36-13-18(34)14-37-12-17/h1-7,9-10,17-18,20,22,26H,8,11-14H2/t17?,18?,20-,22-/m1/s1. The molecule has 2 aromatic carbocycles. The number of nitrogens with zero attached hydrogens (tertiary/aromatic N) is 5. The van der Waals surface area contributed by atoms with Crippen molar-refractivity contribution in [1.29, 1.82) is 0 Å². The predicted molar refractivity (Wildman–Crippen MR) is 132 cm³/mol. The first-order valence-corrected chi connectivity index (χ1v) is 12.5. The van der Waals surface area contributed by atoms with E-state index in [4.69, 9.17) is 14.2 Å². The van der Waals surface area contributed by atoms with Crippen LogP contribution in [0.15, 0.2) is 54.9 Å². The Balaban J connectivity index is 1.25. The summed E-state index contributed by atoms with van der Waals surface area (Å²) in [6.45, 7) is -0.670. The molecular formula is C27H24F3N5O3. The number of rotatable bonds is 5. The number of para-hydroxylation sites is 1. The SMILES string of the molecule is FC(F)Oc1ccccc1[C@H]1C[C@@H](F)c2nc3ccc(-c4cnc(N5C6COCC5COC6)nc4)cc3n21. The molecule has 2 aromatic heterocycles. The molecule has 5 heterocycles. The summed E-state index contributed by atoms with van der Waals surface area (Å²) in [4.78, 5) is 16.0. The van der Waals surface area contributed by atoms with Gasteiger partial charge in [0, 0.05) is 29.9 Å². The number of imidazole rings is 1. The lowest BCUT2D eigenvalue weighted by Crippen LogP contribution is -2.60. The van der Waals surface area contributed by atoms with Crippen molar-refractivity contribution in [3.8, 4) is 16.9 Å². The van der Waals surface area contributed by atoms with Crippen molar-refractivity contribution in [2.75, 3.05) is 31.3 Å². The van der Waals surface area contributed by atoms with Gasteiger partial charge in [0.2, 0.25) is 5.95 Å². The van der Waals surface area contributed by atoms with E-state index in [1.54, 1.807) is 35.2 Å². The van der Waals surface area contributed by atoms with Crippen LogP contribution in [0.4, 0.5) is 19.1 Å². The van der Waals surface area contributed by atoms with Gasteiger partial charge in [0.05, 0.1) is 55.6 Å². The van der Waals surface area contributed by atoms with Gasteiger partial charge in [0.1, 0.15) is 11.6 Å². The highest BCUT2D eigenvalue weighted by molar-refractivity contribution is 5.83. The second-order valence-electron chi connectivity index (χ2n) is 9.74. The number of aromatic nitrogens is 4. The van der Waals surface area contributed by atoms with E-state index in [0.29, 0.717) is 49.0 Å². The van der Waals surface area contributed by atoms with Crippen LogP contribution in [0.25, 0.3) is 22.2 Å². The van der Waals surface area contributed by atoms with Crippen LogP contribution in [0, 0.1) is 0 Å². The molecule has 0 radical (unpaired) electrons. The molecule has 2 atom stereocenters. The van der Waals surface area contributed by atoms with Gasteiger partial charge in [0.25, 0.3) is 0 Å². The van der Waals surface area contributed by atoms with Crippen molar-refractivity contribution in [2.24, 2.45) is 0 Å². The van der Waals surface area contributed by atoms with Crippen molar-refractivity contribution in [2.45, 2.75) is 37.3 Å². The quantitative estimate of drug-likeness (QED) is 0.375. The van der Waals surface area contributed by atoms with Gasteiger partial charge < -0.3 is 23.7 Å². The summed E-state index contributed by atoms with van der Waals surface area (Å²) in [5, 5.41) is 0. The number of anilines is 1. The molecule has 0 aliphatic carbocycles. The molecule has 196 valence electrons. The van der Waals surface area contributed by atoms with E-state index in [1.165, 1.54) is 6.07 Å². The zero-order valence-electron chi connectivity index (χ0n) is 20.2. The fraction of sp³-hybridized carbons (Fsp3) is 0.370. The second-order valence-corrected chi connectivity index (χ2v) is 9.74. The first-order valence-electron chi connectivity index (χ1n) is 12.5. The van der Waals surface area contributed by atoms with E-state index in [2.05, 4.69) is 19.9 Å². The average molecular weight is 524 g/mol. The van der Waals surface area contributed by atoms with Crippen LogP contribution in [-0.2, 0) is 9.47 Å². The third-order valence-electron chi connectivity index (χ3n) is 7.46. The molecule has 0 unspecified atom stereocenters. The van der Waals surface area contributed by atoms with E-state index >= 15 is 4.39 Å². The molecule has 0 saturated carbocycles. The van der Waals surface area contributed by atoms with E-state index in [0.717, 1.165) is 11.1 Å². The smallest absolute Gasteiger partial charge is 0.387 e. The monoisotopic (exact) mass is 523 g/mol. The minimum atomic E-state index is -2.98. The molecule has 2 saturated heterocycles. The summed E-state index contributed by atoms with van der Waals surface area (Å²) < 4.78 is 59.1. The van der Waals surface area contributed by atoms with Crippen LogP contribution in [0.3, 0.4) is 0 Å². The summed E-state index contributed by atoms with van der Waals surface area (Å²) >= 11 is 0. The molecule has 38 heavy (non-hydrogen) atoms. The molecule has 0 amide bonds. The molecule has 8 nitrogen and oxygen atoms in total. The molecule has 2 fully saturated rings. The third kappa shape index (κ3) is 3.88. The number of alkyl halides is 3. The van der Waals surface area contributed by atoms with Gasteiger partial charge in [-0.05, 0) is 23.8 Å². The van der Waals surface area contributed by atoms with Crippen molar-refractivity contribution in [1.82, 2.24) is 19.5 Å². The topological polar surface area (TPSA) is 74.5 Å². The minimum Gasteiger partial charge on any atom is -0.434 e. The number of ether oxygens (including phenoxy) is 3. The van der Waals surface area contributed by atoms with Crippen LogP contribution >= 0.6 is 0 Å². The van der Waals surface area contributed by atoms with Crippen molar-refractivity contribution >= 4 is 17.0 Å². The van der Waals surface area contributed by atoms with E-state index in [-0.39, 0.29) is 30.1 Å². The van der Waals surface area contributed by atoms with E-state index in [9.17, 15) is 8.78 Å². The number of fused-ring (bicyclic) bond motifs is 5. The molecule has 0 spiro atoms. The highest BCUT2D eigenvalue weighted by Crippen LogP contribution is 2.46. The van der Waals surface area contributed by atoms with Crippen molar-refractivity contribution in [3.63, 3.8) is 0 Å². The number of hydrogen-bond donors (Lipinski definition) is 0. The van der Waals surface area contributed by atoms with Gasteiger partial charge in [-0.15, -0.1) is 0 Å². The van der Waals surface area contributed by atoms with Gasteiger partial charge >= 0.3 is 6.61 Å². The number of benzene rings is 2. The number of morpholine rings is 2. The van der Waals surface area contributed by atoms with Crippen LogP contribution in [0.1, 0.15) is 30.0 Å². The maximum Gasteiger partial charge on any atom is 0.387 e. The molecule has 11 heteroatoms. The summed E-state index contributed by atoms with van der Waals surface area (Å²) in [6.07, 6.45) is 2.32. The molecule has 7 rings (SSSR count). The lowest BCUT2D eigenvalue weighted by Gasteiger charge is -2.45. The highest BCUT2D eigenvalue weighted by Gasteiger charge is 2.38. The van der Waals surface area contributed by atoms with Crippen LogP contribution in [-0.4, -0.2) is 64.6 Å². The summed E-state index contributed by atoms with van der Waals surface area (Å²) in [7, 11) is 0. The number of hydrogen-bond acceptors (Lipinski definition) is 7. The maximum absolute atomic E-state index is 15.1. The first-order chi connectivity index (χ1) is 18.6. The highest BCUT2D eigenvalue weighted by atomic mass is 19.3. The van der Waals surface area contributed by atoms with Crippen molar-refractivity contribution < 1.29 is 27.4 Å². The Hall–Kier alpha value is -3.70. The Kier molecular flexibility index (Phi) is 5.70. The second kappa shape index (κ2) is 9.25. The average Bonchev–Trinajstić information content (AvgIpc) is 3.45. The van der Waals surface area contributed by atoms with Gasteiger partial charge in [-0.3, -0.25) is 0 Å². The Morgan fingerprint density at radius 3 is 2.34 bits per heavy atom. The third-order valence-corrected chi connectivity index (χ3v) is 7.46. The normalized spacial score (nSPS) is 24.7. The molecule has 3 aliphatic heterocycles. The molecular weight excluding hydrogens is 499 g/mol. The maximum atomic E-state index is 15.1. The fourth-order valence-corrected chi connectivity index (χ4v) is 5.80. The molecule has 0 N–H and O–H groups in total. The lowest BCUT2D eigenvalue weighted by atomic mass is 10.0. The Morgan fingerprint density at radius 1 is 0.921 bits per heavy atom. The lowest BCUT2D eigenvalue weighted by molar-refractivity contribution is -0.0507. The Morgan fingerprint density at radius 2 is 1.63 bits per heavy atom. The zero-order chi connectivity index (χ0) is 25.8.